The van der Waals surface area contributed by atoms with E-state index < -0.39 is 17.2 Å². The highest BCUT2D eigenvalue weighted by Gasteiger charge is 2.37. The van der Waals surface area contributed by atoms with E-state index in [1.165, 1.54) is 12.1 Å². The molecule has 0 unspecified atom stereocenters. The molecule has 5 nitrogen and oxygen atoms in total. The molecule has 1 fully saturated rings. The number of aromatic nitrogens is 2. The van der Waals surface area contributed by atoms with Crippen LogP contribution in [-0.2, 0) is 12.6 Å². The number of hydrogen-bond donors (Lipinski definition) is 0. The first kappa shape index (κ1) is 22.5. The van der Waals surface area contributed by atoms with Crippen LogP contribution < -0.4 is 0 Å². The topological polar surface area (TPSA) is 69.9 Å². The van der Waals surface area contributed by atoms with Crippen molar-refractivity contribution in [2.75, 3.05) is 13.1 Å². The lowest BCUT2D eigenvalue weighted by molar-refractivity contribution is -0.137. The van der Waals surface area contributed by atoms with E-state index in [4.69, 9.17) is 0 Å². The van der Waals surface area contributed by atoms with Gasteiger partial charge in [0.05, 0.1) is 28.3 Å². The number of halogens is 3. The highest BCUT2D eigenvalue weighted by atomic mass is 19.4. The normalized spacial score (nSPS) is 15.6. The number of hydrogen-bond acceptors (Lipinski definition) is 4. The number of nitrogens with zero attached hydrogens (tertiary/aromatic N) is 4. The molecule has 0 saturated carbocycles. The second-order valence-electron chi connectivity index (χ2n) is 8.19. The maximum atomic E-state index is 13.3. The van der Waals surface area contributed by atoms with Crippen LogP contribution in [0.4, 0.5) is 13.2 Å². The number of piperidine rings is 1. The lowest BCUT2D eigenvalue weighted by Crippen LogP contribution is -2.43. The van der Waals surface area contributed by atoms with Crippen LogP contribution in [0.15, 0.2) is 67.1 Å². The minimum atomic E-state index is -4.39. The molecule has 0 bridgehead atoms. The fourth-order valence-corrected chi connectivity index (χ4v) is 4.16. The molecule has 33 heavy (non-hydrogen) atoms. The number of nitriles is 1. The summed E-state index contributed by atoms with van der Waals surface area (Å²) < 4.78 is 38.5. The van der Waals surface area contributed by atoms with Crippen molar-refractivity contribution in [2.24, 2.45) is 5.41 Å². The predicted molar refractivity (Wildman–Crippen MR) is 116 cm³/mol. The monoisotopic (exact) mass is 450 g/mol. The maximum Gasteiger partial charge on any atom is 0.416 e. The minimum absolute atomic E-state index is 0.156. The van der Waals surface area contributed by atoms with Crippen LogP contribution in [0, 0.1) is 16.7 Å². The van der Waals surface area contributed by atoms with Gasteiger partial charge in [0.25, 0.3) is 5.91 Å². The average molecular weight is 450 g/mol. The molecule has 0 atom stereocenters. The van der Waals surface area contributed by atoms with Gasteiger partial charge in [-0.15, -0.1) is 0 Å². The smallest absolute Gasteiger partial charge is 0.338 e. The number of alkyl halides is 3. The van der Waals surface area contributed by atoms with E-state index in [-0.39, 0.29) is 5.91 Å². The third kappa shape index (κ3) is 4.87. The molecular weight excluding hydrogens is 429 g/mol. The number of amides is 1. The second kappa shape index (κ2) is 9.02. The van der Waals surface area contributed by atoms with Gasteiger partial charge in [-0.05, 0) is 61.2 Å². The molecule has 3 aromatic rings. The van der Waals surface area contributed by atoms with Crippen LogP contribution in [0.25, 0.3) is 11.3 Å². The third-order valence-electron chi connectivity index (χ3n) is 6.06. The van der Waals surface area contributed by atoms with E-state index >= 15 is 0 Å². The van der Waals surface area contributed by atoms with E-state index in [0.29, 0.717) is 49.2 Å². The second-order valence-corrected chi connectivity index (χ2v) is 8.19. The highest BCUT2D eigenvalue weighted by Crippen LogP contribution is 2.36. The molecule has 1 aromatic carbocycles. The van der Waals surface area contributed by atoms with Gasteiger partial charge in [-0.1, -0.05) is 12.1 Å². The van der Waals surface area contributed by atoms with Crippen LogP contribution in [0.5, 0.6) is 0 Å². The Kier molecular flexibility index (Phi) is 6.14. The van der Waals surface area contributed by atoms with Crippen LogP contribution in [0.3, 0.4) is 0 Å². The summed E-state index contributed by atoms with van der Waals surface area (Å²) in [6.07, 6.45) is 1.76. The van der Waals surface area contributed by atoms with E-state index in [1.807, 2.05) is 0 Å². The van der Waals surface area contributed by atoms with Gasteiger partial charge in [-0.25, -0.2) is 0 Å². The first-order valence-electron chi connectivity index (χ1n) is 10.5. The Morgan fingerprint density at radius 2 is 1.70 bits per heavy atom. The number of benzene rings is 1. The van der Waals surface area contributed by atoms with Gasteiger partial charge in [-0.3, -0.25) is 14.8 Å². The van der Waals surface area contributed by atoms with E-state index in [1.54, 1.807) is 47.8 Å². The molecule has 168 valence electrons. The Morgan fingerprint density at radius 1 is 1.03 bits per heavy atom. The molecule has 2 aromatic heterocycles. The largest absolute Gasteiger partial charge is 0.416 e. The zero-order valence-corrected chi connectivity index (χ0v) is 17.7. The Hall–Kier alpha value is -3.73. The van der Waals surface area contributed by atoms with Gasteiger partial charge < -0.3 is 4.90 Å². The molecule has 3 heterocycles. The number of likely N-dealkylation sites (tertiary alicyclic amines) is 1. The summed E-state index contributed by atoms with van der Waals surface area (Å²) in [6, 6.07) is 14.3. The lowest BCUT2D eigenvalue weighted by atomic mass is 9.75. The third-order valence-corrected chi connectivity index (χ3v) is 6.06. The summed E-state index contributed by atoms with van der Waals surface area (Å²) in [5.41, 5.74) is 1.09. The Labute approximate surface area is 189 Å². The standard InChI is InChI=1S/C25H21F3N4O/c26-25(27,28)20-5-3-18(4-6-20)16-24(17-29)9-14-32(15-10-24)23(33)21-2-1-11-31-22(21)19-7-12-30-13-8-19/h1-8,11-13H,9-10,14-16H2. The molecule has 4 rings (SSSR count). The molecular formula is C25H21F3N4O. The van der Waals surface area contributed by atoms with Crippen molar-refractivity contribution in [3.8, 4) is 17.3 Å². The first-order valence-corrected chi connectivity index (χ1v) is 10.5. The van der Waals surface area contributed by atoms with Crippen molar-refractivity contribution in [3.63, 3.8) is 0 Å². The summed E-state index contributed by atoms with van der Waals surface area (Å²) in [4.78, 5) is 23.4. The van der Waals surface area contributed by atoms with E-state index in [9.17, 15) is 23.2 Å². The SMILES string of the molecule is N#CC1(Cc2ccc(C(F)(F)F)cc2)CCN(C(=O)c2cccnc2-c2ccncc2)CC1. The average Bonchev–Trinajstić information content (AvgIpc) is 2.84. The summed E-state index contributed by atoms with van der Waals surface area (Å²) in [5, 5.41) is 9.87. The first-order chi connectivity index (χ1) is 15.8. The lowest BCUT2D eigenvalue weighted by Gasteiger charge is -2.37. The van der Waals surface area contributed by atoms with Gasteiger partial charge in [0.15, 0.2) is 0 Å². The van der Waals surface area contributed by atoms with Gasteiger partial charge in [0.2, 0.25) is 0 Å². The van der Waals surface area contributed by atoms with Gasteiger partial charge >= 0.3 is 6.18 Å². The van der Waals surface area contributed by atoms with E-state index in [0.717, 1.165) is 17.7 Å². The van der Waals surface area contributed by atoms with Crippen molar-refractivity contribution in [1.82, 2.24) is 14.9 Å². The van der Waals surface area contributed by atoms with Crippen molar-refractivity contribution < 1.29 is 18.0 Å². The fourth-order valence-electron chi connectivity index (χ4n) is 4.16. The molecule has 1 aliphatic heterocycles. The predicted octanol–water partition coefficient (Wildman–Crippen LogP) is 5.15. The Balaban J connectivity index is 1.47. The highest BCUT2D eigenvalue weighted by molar-refractivity contribution is 5.99. The quantitative estimate of drug-likeness (QED) is 0.551. The van der Waals surface area contributed by atoms with Crippen molar-refractivity contribution in [1.29, 1.82) is 5.26 Å². The number of carbonyl (C=O) groups excluding carboxylic acids is 1. The van der Waals surface area contributed by atoms with Crippen LogP contribution in [0.1, 0.15) is 34.3 Å². The summed E-state index contributed by atoms with van der Waals surface area (Å²) in [7, 11) is 0. The summed E-state index contributed by atoms with van der Waals surface area (Å²) in [5.74, 6) is -0.156. The zero-order chi connectivity index (χ0) is 23.5. The number of rotatable bonds is 4. The minimum Gasteiger partial charge on any atom is -0.338 e. The van der Waals surface area contributed by atoms with Crippen molar-refractivity contribution in [2.45, 2.75) is 25.4 Å². The molecule has 0 spiro atoms. The van der Waals surface area contributed by atoms with Gasteiger partial charge in [0, 0.05) is 37.2 Å². The molecule has 1 aliphatic rings. The van der Waals surface area contributed by atoms with Crippen LogP contribution in [-0.4, -0.2) is 33.9 Å². The van der Waals surface area contributed by atoms with Crippen molar-refractivity contribution >= 4 is 5.91 Å². The van der Waals surface area contributed by atoms with Crippen LogP contribution >= 0.6 is 0 Å². The van der Waals surface area contributed by atoms with Crippen LogP contribution in [0.2, 0.25) is 0 Å². The fraction of sp³-hybridized carbons (Fsp3) is 0.280. The zero-order valence-electron chi connectivity index (χ0n) is 17.7. The number of carbonyl (C=O) groups is 1. The van der Waals surface area contributed by atoms with Crippen molar-refractivity contribution in [3.05, 3.63) is 83.8 Å². The van der Waals surface area contributed by atoms with Gasteiger partial charge in [-0.2, -0.15) is 18.4 Å². The number of pyridine rings is 2. The molecule has 8 heteroatoms. The van der Waals surface area contributed by atoms with Gasteiger partial charge in [0.1, 0.15) is 0 Å². The Morgan fingerprint density at radius 3 is 2.30 bits per heavy atom. The molecule has 1 saturated heterocycles. The summed E-state index contributed by atoms with van der Waals surface area (Å²) in [6.45, 7) is 0.773. The molecule has 0 radical (unpaired) electrons. The molecule has 0 aliphatic carbocycles. The molecule has 1 amide bonds. The Bertz CT molecular complexity index is 1160. The summed E-state index contributed by atoms with van der Waals surface area (Å²) >= 11 is 0. The van der Waals surface area contributed by atoms with E-state index in [2.05, 4.69) is 16.0 Å². The maximum absolute atomic E-state index is 13.3. The molecule has 0 N–H and O–H groups in total.